The minimum absolute atomic E-state index is 0.120. The van der Waals surface area contributed by atoms with Gasteiger partial charge in [0.05, 0.1) is 17.2 Å². The standard InChI is InChI=1S/C15H19N3O3S/c1-11-18-12(10-22-11)7-16-15(20)17-8-13(19)9-21-14-5-3-2-4-6-14/h2-6,10,13,19H,7-9H2,1H3,(H2,16,17,20)/t13-/m0/s1. The van der Waals surface area contributed by atoms with Crippen LogP contribution < -0.4 is 15.4 Å². The fraction of sp³-hybridized carbons (Fsp3) is 0.333. The van der Waals surface area contributed by atoms with E-state index in [-0.39, 0.29) is 19.2 Å². The molecule has 0 radical (unpaired) electrons. The molecule has 3 N–H and O–H groups in total. The molecular weight excluding hydrogens is 302 g/mol. The second kappa shape index (κ2) is 8.35. The van der Waals surface area contributed by atoms with Crippen molar-refractivity contribution in [2.45, 2.75) is 19.6 Å². The molecule has 1 aromatic carbocycles. The van der Waals surface area contributed by atoms with Gasteiger partial charge in [0.2, 0.25) is 0 Å². The summed E-state index contributed by atoms with van der Waals surface area (Å²) < 4.78 is 5.40. The number of thiazole rings is 1. The van der Waals surface area contributed by atoms with Crippen LogP contribution >= 0.6 is 11.3 Å². The lowest BCUT2D eigenvalue weighted by Gasteiger charge is -2.13. The Kier molecular flexibility index (Phi) is 6.17. The van der Waals surface area contributed by atoms with Crippen molar-refractivity contribution in [1.82, 2.24) is 15.6 Å². The molecule has 118 valence electrons. The Morgan fingerprint density at radius 1 is 1.36 bits per heavy atom. The van der Waals surface area contributed by atoms with Crippen molar-refractivity contribution in [2.75, 3.05) is 13.2 Å². The summed E-state index contributed by atoms with van der Waals surface area (Å²) in [4.78, 5) is 15.9. The second-order valence-electron chi connectivity index (χ2n) is 4.70. The highest BCUT2D eigenvalue weighted by Gasteiger charge is 2.08. The first-order chi connectivity index (χ1) is 10.6. The van der Waals surface area contributed by atoms with Crippen molar-refractivity contribution < 1.29 is 14.6 Å². The van der Waals surface area contributed by atoms with E-state index in [2.05, 4.69) is 15.6 Å². The number of hydrogen-bond donors (Lipinski definition) is 3. The van der Waals surface area contributed by atoms with Gasteiger partial charge in [0.25, 0.3) is 0 Å². The van der Waals surface area contributed by atoms with E-state index in [1.165, 1.54) is 11.3 Å². The molecule has 2 amide bonds. The van der Waals surface area contributed by atoms with E-state index >= 15 is 0 Å². The molecule has 0 aliphatic heterocycles. The lowest BCUT2D eigenvalue weighted by Crippen LogP contribution is -2.41. The van der Waals surface area contributed by atoms with E-state index in [1.54, 1.807) is 0 Å². The topological polar surface area (TPSA) is 83.5 Å². The van der Waals surface area contributed by atoms with Crippen molar-refractivity contribution in [3.8, 4) is 5.75 Å². The molecule has 1 atom stereocenters. The number of para-hydroxylation sites is 1. The number of hydrogen-bond acceptors (Lipinski definition) is 5. The molecular formula is C15H19N3O3S. The third-order valence-electron chi connectivity index (χ3n) is 2.78. The molecule has 0 saturated carbocycles. The maximum Gasteiger partial charge on any atom is 0.315 e. The first-order valence-electron chi connectivity index (χ1n) is 6.92. The maximum absolute atomic E-state index is 11.6. The molecule has 2 aromatic rings. The first kappa shape index (κ1) is 16.3. The summed E-state index contributed by atoms with van der Waals surface area (Å²) in [5.41, 5.74) is 0.825. The summed E-state index contributed by atoms with van der Waals surface area (Å²) in [6.07, 6.45) is -0.771. The number of carbonyl (C=O) groups is 1. The summed E-state index contributed by atoms with van der Waals surface area (Å²) in [5, 5.41) is 17.9. The van der Waals surface area contributed by atoms with E-state index < -0.39 is 6.10 Å². The Balaban J connectivity index is 1.61. The maximum atomic E-state index is 11.6. The largest absolute Gasteiger partial charge is 0.491 e. The zero-order valence-electron chi connectivity index (χ0n) is 12.3. The van der Waals surface area contributed by atoms with Gasteiger partial charge in [0, 0.05) is 11.9 Å². The number of ether oxygens (including phenoxy) is 1. The lowest BCUT2D eigenvalue weighted by atomic mass is 10.3. The van der Waals surface area contributed by atoms with E-state index in [9.17, 15) is 9.90 Å². The van der Waals surface area contributed by atoms with Crippen molar-refractivity contribution in [3.05, 3.63) is 46.4 Å². The highest BCUT2D eigenvalue weighted by Crippen LogP contribution is 2.08. The quantitative estimate of drug-likeness (QED) is 0.725. The smallest absolute Gasteiger partial charge is 0.315 e. The number of aryl methyl sites for hydroxylation is 1. The highest BCUT2D eigenvalue weighted by atomic mass is 32.1. The van der Waals surface area contributed by atoms with E-state index in [1.807, 2.05) is 42.6 Å². The summed E-state index contributed by atoms with van der Waals surface area (Å²) in [6, 6.07) is 8.87. The number of nitrogens with zero attached hydrogens (tertiary/aromatic N) is 1. The second-order valence-corrected chi connectivity index (χ2v) is 5.76. The SMILES string of the molecule is Cc1nc(CNC(=O)NC[C@H](O)COc2ccccc2)cs1. The molecule has 0 unspecified atom stereocenters. The number of aliphatic hydroxyl groups excluding tert-OH is 1. The average molecular weight is 321 g/mol. The molecule has 2 rings (SSSR count). The minimum Gasteiger partial charge on any atom is -0.491 e. The van der Waals surface area contributed by atoms with Gasteiger partial charge in [-0.05, 0) is 19.1 Å². The van der Waals surface area contributed by atoms with Crippen LogP contribution in [0.4, 0.5) is 4.79 Å². The van der Waals surface area contributed by atoms with Crippen LogP contribution in [-0.2, 0) is 6.54 Å². The molecule has 0 spiro atoms. The monoisotopic (exact) mass is 321 g/mol. The van der Waals surface area contributed by atoms with Gasteiger partial charge in [-0.25, -0.2) is 9.78 Å². The van der Waals surface area contributed by atoms with Crippen LogP contribution in [0.25, 0.3) is 0 Å². The molecule has 22 heavy (non-hydrogen) atoms. The van der Waals surface area contributed by atoms with E-state index in [4.69, 9.17) is 4.74 Å². The molecule has 0 fully saturated rings. The molecule has 1 aromatic heterocycles. The minimum atomic E-state index is -0.771. The number of urea groups is 1. The van der Waals surface area contributed by atoms with Crippen LogP contribution in [0.2, 0.25) is 0 Å². The summed E-state index contributed by atoms with van der Waals surface area (Å²) in [5.74, 6) is 0.685. The van der Waals surface area contributed by atoms with Crippen LogP contribution in [0, 0.1) is 6.92 Å². The Morgan fingerprint density at radius 2 is 2.14 bits per heavy atom. The average Bonchev–Trinajstić information content (AvgIpc) is 2.95. The normalized spacial score (nSPS) is 11.7. The number of amides is 2. The van der Waals surface area contributed by atoms with Gasteiger partial charge >= 0.3 is 6.03 Å². The first-order valence-corrected chi connectivity index (χ1v) is 7.80. The van der Waals surface area contributed by atoms with E-state index in [0.717, 1.165) is 10.7 Å². The lowest BCUT2D eigenvalue weighted by molar-refractivity contribution is 0.108. The number of benzene rings is 1. The predicted molar refractivity (Wildman–Crippen MR) is 85.0 cm³/mol. The van der Waals surface area contributed by atoms with Gasteiger partial charge in [-0.2, -0.15) is 0 Å². The van der Waals surface area contributed by atoms with Crippen molar-refractivity contribution >= 4 is 17.4 Å². The Morgan fingerprint density at radius 3 is 2.82 bits per heavy atom. The Labute approximate surface area is 133 Å². The van der Waals surface area contributed by atoms with Crippen LogP contribution in [0.5, 0.6) is 5.75 Å². The van der Waals surface area contributed by atoms with Crippen molar-refractivity contribution in [2.24, 2.45) is 0 Å². The van der Waals surface area contributed by atoms with Gasteiger partial charge in [0.15, 0.2) is 0 Å². The number of nitrogens with one attached hydrogen (secondary N) is 2. The molecule has 0 aliphatic rings. The molecule has 1 heterocycles. The summed E-state index contributed by atoms with van der Waals surface area (Å²) in [6.45, 7) is 2.52. The van der Waals surface area contributed by atoms with Gasteiger partial charge < -0.3 is 20.5 Å². The third-order valence-corrected chi connectivity index (χ3v) is 3.60. The predicted octanol–water partition coefficient (Wildman–Crippen LogP) is 1.69. The number of rotatable bonds is 7. The Bertz CT molecular complexity index is 589. The fourth-order valence-electron chi connectivity index (χ4n) is 1.70. The van der Waals surface area contributed by atoms with Gasteiger partial charge in [0.1, 0.15) is 18.5 Å². The fourth-order valence-corrected chi connectivity index (χ4v) is 2.31. The highest BCUT2D eigenvalue weighted by molar-refractivity contribution is 7.09. The van der Waals surface area contributed by atoms with Crippen LogP contribution in [0.15, 0.2) is 35.7 Å². The van der Waals surface area contributed by atoms with Crippen LogP contribution in [0.3, 0.4) is 0 Å². The zero-order chi connectivity index (χ0) is 15.8. The van der Waals surface area contributed by atoms with Crippen molar-refractivity contribution in [3.63, 3.8) is 0 Å². The zero-order valence-corrected chi connectivity index (χ0v) is 13.1. The number of aromatic nitrogens is 1. The molecule has 0 bridgehead atoms. The summed E-state index contributed by atoms with van der Waals surface area (Å²) >= 11 is 1.54. The molecule has 0 aliphatic carbocycles. The van der Waals surface area contributed by atoms with Crippen LogP contribution in [0.1, 0.15) is 10.7 Å². The number of aliphatic hydroxyl groups is 1. The van der Waals surface area contributed by atoms with Gasteiger partial charge in [-0.15, -0.1) is 11.3 Å². The van der Waals surface area contributed by atoms with Gasteiger partial charge in [-0.3, -0.25) is 0 Å². The number of carbonyl (C=O) groups excluding carboxylic acids is 1. The molecule has 6 nitrogen and oxygen atoms in total. The Hall–Kier alpha value is -2.12. The molecule has 7 heteroatoms. The summed E-state index contributed by atoms with van der Waals surface area (Å²) in [7, 11) is 0. The molecule has 0 saturated heterocycles. The van der Waals surface area contributed by atoms with Crippen molar-refractivity contribution in [1.29, 1.82) is 0 Å². The van der Waals surface area contributed by atoms with E-state index in [0.29, 0.717) is 12.3 Å². The van der Waals surface area contributed by atoms with Crippen LogP contribution in [-0.4, -0.2) is 35.4 Å². The third kappa shape index (κ3) is 5.71. The van der Waals surface area contributed by atoms with Gasteiger partial charge in [-0.1, -0.05) is 18.2 Å².